The fourth-order valence-corrected chi connectivity index (χ4v) is 3.78. The number of hydrogen-bond donors (Lipinski definition) is 2. The Hall–Kier alpha value is -1.07. The van der Waals surface area contributed by atoms with Gasteiger partial charge in [0.05, 0.1) is 6.54 Å². The highest BCUT2D eigenvalue weighted by Gasteiger charge is 2.15. The summed E-state index contributed by atoms with van der Waals surface area (Å²) in [4.78, 5) is 17.5. The number of aromatic amines is 1. The lowest BCUT2D eigenvalue weighted by atomic mass is 10.2. The fraction of sp³-hybridized carbons (Fsp3) is 0.308. The number of carbonyl (C=O) groups excluding carboxylic acids is 1. The van der Waals surface area contributed by atoms with Crippen molar-refractivity contribution in [2.75, 3.05) is 0 Å². The summed E-state index contributed by atoms with van der Waals surface area (Å²) in [5, 5.41) is 2.94. The molecule has 0 atom stereocenters. The number of halogens is 1. The Labute approximate surface area is 118 Å². The molecule has 3 rings (SSSR count). The molecule has 0 unspecified atom stereocenters. The normalized spacial score (nSPS) is 13.6. The predicted octanol–water partition coefficient (Wildman–Crippen LogP) is 3.26. The van der Waals surface area contributed by atoms with Crippen LogP contribution in [-0.4, -0.2) is 10.9 Å². The van der Waals surface area contributed by atoms with Crippen LogP contribution in [0, 0.1) is 0 Å². The van der Waals surface area contributed by atoms with E-state index < -0.39 is 0 Å². The Morgan fingerprint density at radius 3 is 3.06 bits per heavy atom. The highest BCUT2D eigenvalue weighted by Crippen LogP contribution is 2.30. The number of rotatable bonds is 3. The van der Waals surface area contributed by atoms with E-state index >= 15 is 0 Å². The second-order valence-electron chi connectivity index (χ2n) is 4.43. The number of aryl methyl sites for hydroxylation is 2. The molecule has 5 heteroatoms. The lowest BCUT2D eigenvalue weighted by Crippen LogP contribution is -2.22. The Balaban J connectivity index is 1.62. The average Bonchev–Trinajstić information content (AvgIpc) is 3.00. The summed E-state index contributed by atoms with van der Waals surface area (Å²) in [6.07, 6.45) is 5.44. The molecule has 94 valence electrons. The molecule has 2 heterocycles. The number of amides is 1. The zero-order valence-corrected chi connectivity index (χ0v) is 12.2. The van der Waals surface area contributed by atoms with Gasteiger partial charge in [0.25, 0.3) is 5.91 Å². The first kappa shape index (κ1) is 12.0. The molecule has 2 aromatic rings. The van der Waals surface area contributed by atoms with Crippen molar-refractivity contribution in [1.29, 1.82) is 0 Å². The van der Waals surface area contributed by atoms with Crippen LogP contribution in [0.25, 0.3) is 0 Å². The van der Waals surface area contributed by atoms with Gasteiger partial charge >= 0.3 is 0 Å². The van der Waals surface area contributed by atoms with Crippen LogP contribution in [0.3, 0.4) is 0 Å². The van der Waals surface area contributed by atoms with Gasteiger partial charge in [-0.3, -0.25) is 4.79 Å². The van der Waals surface area contributed by atoms with Crippen molar-refractivity contribution < 1.29 is 4.79 Å². The Bertz CT molecular complexity index is 566. The summed E-state index contributed by atoms with van der Waals surface area (Å²) >= 11 is 5.15. The summed E-state index contributed by atoms with van der Waals surface area (Å²) < 4.78 is 0.891. The maximum atomic E-state index is 11.8. The number of hydrogen-bond acceptors (Lipinski definition) is 2. The van der Waals surface area contributed by atoms with Crippen LogP contribution in [0.2, 0.25) is 0 Å². The van der Waals surface area contributed by atoms with Crippen LogP contribution in [0.1, 0.15) is 32.2 Å². The summed E-state index contributed by atoms with van der Waals surface area (Å²) in [7, 11) is 0. The quantitative estimate of drug-likeness (QED) is 0.894. The van der Waals surface area contributed by atoms with Crippen molar-refractivity contribution in [1.82, 2.24) is 10.3 Å². The molecule has 2 N–H and O–H groups in total. The molecule has 2 aromatic heterocycles. The first-order valence-electron chi connectivity index (χ1n) is 5.95. The number of nitrogens with one attached hydrogen (secondary N) is 2. The molecule has 0 spiro atoms. The topological polar surface area (TPSA) is 44.9 Å². The molecule has 3 nitrogen and oxygen atoms in total. The van der Waals surface area contributed by atoms with E-state index in [1.165, 1.54) is 34.6 Å². The minimum atomic E-state index is -0.0609. The van der Waals surface area contributed by atoms with E-state index in [0.29, 0.717) is 12.2 Å². The van der Waals surface area contributed by atoms with Crippen molar-refractivity contribution in [2.45, 2.75) is 25.8 Å². The van der Waals surface area contributed by atoms with Gasteiger partial charge in [-0.15, -0.1) is 11.3 Å². The molecule has 0 fully saturated rings. The smallest absolute Gasteiger partial charge is 0.268 e. The van der Waals surface area contributed by atoms with E-state index in [9.17, 15) is 4.79 Å². The third-order valence-electron chi connectivity index (χ3n) is 3.11. The Morgan fingerprint density at radius 2 is 2.33 bits per heavy atom. The third-order valence-corrected chi connectivity index (χ3v) is 4.81. The highest BCUT2D eigenvalue weighted by molar-refractivity contribution is 9.10. The van der Waals surface area contributed by atoms with Crippen LogP contribution in [0.15, 0.2) is 22.8 Å². The Morgan fingerprint density at radius 1 is 1.44 bits per heavy atom. The molecular weight excluding hydrogens is 312 g/mol. The van der Waals surface area contributed by atoms with Gasteiger partial charge in [-0.1, -0.05) is 0 Å². The predicted molar refractivity (Wildman–Crippen MR) is 76.0 cm³/mol. The molecule has 1 aliphatic carbocycles. The first-order chi connectivity index (χ1) is 8.72. The summed E-state index contributed by atoms with van der Waals surface area (Å²) in [5.41, 5.74) is 2.07. The average molecular weight is 325 g/mol. The monoisotopic (exact) mass is 324 g/mol. The first-order valence-corrected chi connectivity index (χ1v) is 7.56. The van der Waals surface area contributed by atoms with Crippen molar-refractivity contribution in [3.05, 3.63) is 43.8 Å². The fourth-order valence-electron chi connectivity index (χ4n) is 2.24. The van der Waals surface area contributed by atoms with E-state index in [4.69, 9.17) is 0 Å². The van der Waals surface area contributed by atoms with Crippen LogP contribution in [-0.2, 0) is 19.4 Å². The number of fused-ring (bicyclic) bond motifs is 1. The third kappa shape index (κ3) is 2.37. The molecule has 0 saturated carbocycles. The molecule has 1 amide bonds. The summed E-state index contributed by atoms with van der Waals surface area (Å²) in [6.45, 7) is 0.618. The molecule has 0 aromatic carbocycles. The van der Waals surface area contributed by atoms with Crippen LogP contribution in [0.5, 0.6) is 0 Å². The molecule has 0 bridgehead atoms. The van der Waals surface area contributed by atoms with Crippen molar-refractivity contribution in [3.8, 4) is 0 Å². The van der Waals surface area contributed by atoms with E-state index in [2.05, 4.69) is 32.3 Å². The van der Waals surface area contributed by atoms with Gasteiger partial charge in [0.1, 0.15) is 5.69 Å². The SMILES string of the molecule is O=C(NCc1cc2c(s1)CCC2)c1cc(Br)c[nH]1. The van der Waals surface area contributed by atoms with Gasteiger partial charge in [0, 0.05) is 20.4 Å². The van der Waals surface area contributed by atoms with Gasteiger partial charge in [-0.25, -0.2) is 0 Å². The number of carbonyl (C=O) groups is 1. The Kier molecular flexibility index (Phi) is 3.26. The second kappa shape index (κ2) is 4.90. The van der Waals surface area contributed by atoms with Gasteiger partial charge < -0.3 is 10.3 Å². The largest absolute Gasteiger partial charge is 0.356 e. The lowest BCUT2D eigenvalue weighted by molar-refractivity contribution is 0.0947. The minimum absolute atomic E-state index is 0.0609. The standard InChI is InChI=1S/C13H13BrN2OS/c14-9-5-11(15-6-9)13(17)16-7-10-4-8-2-1-3-12(8)18-10/h4-6,15H,1-3,7H2,(H,16,17). The summed E-state index contributed by atoms with van der Waals surface area (Å²) in [5.74, 6) is -0.0609. The van der Waals surface area contributed by atoms with Crippen LogP contribution >= 0.6 is 27.3 Å². The number of thiophene rings is 1. The maximum absolute atomic E-state index is 11.8. The van der Waals surface area contributed by atoms with Crippen LogP contribution < -0.4 is 5.32 Å². The van der Waals surface area contributed by atoms with Gasteiger partial charge in [-0.2, -0.15) is 0 Å². The van der Waals surface area contributed by atoms with E-state index in [0.717, 1.165) is 4.47 Å². The van der Waals surface area contributed by atoms with E-state index in [1.54, 1.807) is 12.3 Å². The second-order valence-corrected chi connectivity index (χ2v) is 6.57. The lowest BCUT2D eigenvalue weighted by Gasteiger charge is -2.01. The van der Waals surface area contributed by atoms with E-state index in [1.807, 2.05) is 11.3 Å². The number of aromatic nitrogens is 1. The molecule has 0 saturated heterocycles. The van der Waals surface area contributed by atoms with Gasteiger partial charge in [0.15, 0.2) is 0 Å². The minimum Gasteiger partial charge on any atom is -0.356 e. The molecule has 0 radical (unpaired) electrons. The molecule has 18 heavy (non-hydrogen) atoms. The van der Waals surface area contributed by atoms with Gasteiger partial charge in [0.2, 0.25) is 0 Å². The van der Waals surface area contributed by atoms with Crippen molar-refractivity contribution in [2.24, 2.45) is 0 Å². The zero-order valence-electron chi connectivity index (χ0n) is 9.75. The van der Waals surface area contributed by atoms with E-state index in [-0.39, 0.29) is 5.91 Å². The summed E-state index contributed by atoms with van der Waals surface area (Å²) in [6, 6.07) is 4.02. The zero-order chi connectivity index (χ0) is 12.5. The van der Waals surface area contributed by atoms with Gasteiger partial charge in [-0.05, 0) is 52.9 Å². The number of H-pyrrole nitrogens is 1. The van der Waals surface area contributed by atoms with Crippen molar-refractivity contribution in [3.63, 3.8) is 0 Å². The molecular formula is C13H13BrN2OS. The molecule has 0 aliphatic heterocycles. The van der Waals surface area contributed by atoms with Crippen LogP contribution in [0.4, 0.5) is 0 Å². The van der Waals surface area contributed by atoms with Crippen molar-refractivity contribution >= 4 is 33.2 Å². The molecule has 1 aliphatic rings. The highest BCUT2D eigenvalue weighted by atomic mass is 79.9. The maximum Gasteiger partial charge on any atom is 0.268 e.